The molecular formula is C14H19N3O2. The highest BCUT2D eigenvalue weighted by atomic mass is 16.5. The lowest BCUT2D eigenvalue weighted by Gasteiger charge is -2.12. The van der Waals surface area contributed by atoms with E-state index in [4.69, 9.17) is 15.7 Å². The van der Waals surface area contributed by atoms with Gasteiger partial charge in [0.15, 0.2) is 6.61 Å². The molecule has 1 aromatic carbocycles. The summed E-state index contributed by atoms with van der Waals surface area (Å²) in [7, 11) is 0. The summed E-state index contributed by atoms with van der Waals surface area (Å²) in [5.41, 5.74) is 6.28. The lowest BCUT2D eigenvalue weighted by atomic mass is 10.0. The van der Waals surface area contributed by atoms with Crippen molar-refractivity contribution >= 4 is 11.6 Å². The van der Waals surface area contributed by atoms with Crippen LogP contribution in [-0.4, -0.2) is 19.1 Å². The van der Waals surface area contributed by atoms with Gasteiger partial charge in [0.25, 0.3) is 0 Å². The molecule has 1 rings (SSSR count). The highest BCUT2D eigenvalue weighted by Gasteiger charge is 2.10. The summed E-state index contributed by atoms with van der Waals surface area (Å²) in [5, 5.41) is 11.2. The van der Waals surface area contributed by atoms with Gasteiger partial charge in [-0.2, -0.15) is 5.26 Å². The topological polar surface area (TPSA) is 88.1 Å². The smallest absolute Gasteiger partial charge is 0.224 e. The number of amides is 1. The molecule has 19 heavy (non-hydrogen) atoms. The van der Waals surface area contributed by atoms with E-state index in [1.54, 1.807) is 24.3 Å². The van der Waals surface area contributed by atoms with Crippen molar-refractivity contribution in [2.45, 2.75) is 19.8 Å². The first kappa shape index (κ1) is 15.0. The molecular weight excluding hydrogens is 242 g/mol. The number of carbonyl (C=O) groups excluding carboxylic acids is 1. The van der Waals surface area contributed by atoms with Gasteiger partial charge in [0.1, 0.15) is 11.8 Å². The Morgan fingerprint density at radius 1 is 1.47 bits per heavy atom. The van der Waals surface area contributed by atoms with Crippen molar-refractivity contribution in [1.29, 1.82) is 5.26 Å². The number of rotatable bonds is 7. The van der Waals surface area contributed by atoms with Crippen LogP contribution in [0.5, 0.6) is 5.75 Å². The van der Waals surface area contributed by atoms with E-state index in [2.05, 4.69) is 5.32 Å². The molecule has 0 aliphatic carbocycles. The molecule has 0 saturated heterocycles. The first-order valence-electron chi connectivity index (χ1n) is 6.29. The number of carbonyl (C=O) groups is 1. The van der Waals surface area contributed by atoms with Gasteiger partial charge in [-0.25, -0.2) is 0 Å². The Bertz CT molecular complexity index is 433. The fourth-order valence-electron chi connectivity index (χ4n) is 1.62. The number of hydrogen-bond acceptors (Lipinski definition) is 4. The molecule has 0 spiro atoms. The van der Waals surface area contributed by atoms with Gasteiger partial charge in [-0.3, -0.25) is 4.79 Å². The number of hydrogen-bond donors (Lipinski definition) is 2. The van der Waals surface area contributed by atoms with E-state index < -0.39 is 0 Å². The average molecular weight is 261 g/mol. The van der Waals surface area contributed by atoms with Crippen LogP contribution in [0, 0.1) is 17.2 Å². The van der Waals surface area contributed by atoms with E-state index >= 15 is 0 Å². The molecule has 0 bridgehead atoms. The van der Waals surface area contributed by atoms with Crippen LogP contribution in [0.3, 0.4) is 0 Å². The molecule has 0 fully saturated rings. The second kappa shape index (κ2) is 8.11. The maximum absolute atomic E-state index is 11.8. The lowest BCUT2D eigenvalue weighted by Crippen LogP contribution is -2.21. The Hall–Kier alpha value is -2.06. The van der Waals surface area contributed by atoms with Crippen molar-refractivity contribution < 1.29 is 9.53 Å². The zero-order valence-corrected chi connectivity index (χ0v) is 11.1. The number of nitrogens with one attached hydrogen (secondary N) is 1. The second-order valence-electron chi connectivity index (χ2n) is 4.23. The second-order valence-corrected chi connectivity index (χ2v) is 4.23. The number of anilines is 1. The summed E-state index contributed by atoms with van der Waals surface area (Å²) in [5.74, 6) is 0.786. The Kier molecular flexibility index (Phi) is 6.41. The van der Waals surface area contributed by atoms with Crippen LogP contribution in [0.25, 0.3) is 0 Å². The molecule has 1 unspecified atom stereocenters. The fraction of sp³-hybridized carbons (Fsp3) is 0.429. The van der Waals surface area contributed by atoms with E-state index in [1.807, 2.05) is 13.0 Å². The van der Waals surface area contributed by atoms with Crippen molar-refractivity contribution in [2.24, 2.45) is 11.7 Å². The van der Waals surface area contributed by atoms with Crippen LogP contribution in [0.2, 0.25) is 0 Å². The minimum absolute atomic E-state index is 0.0143. The molecule has 1 amide bonds. The molecule has 3 N–H and O–H groups in total. The third kappa shape index (κ3) is 5.40. The minimum Gasteiger partial charge on any atom is -0.479 e. The third-order valence-corrected chi connectivity index (χ3v) is 2.83. The Labute approximate surface area is 113 Å². The van der Waals surface area contributed by atoms with E-state index in [1.165, 1.54) is 0 Å². The molecule has 0 heterocycles. The van der Waals surface area contributed by atoms with E-state index in [9.17, 15) is 4.79 Å². The van der Waals surface area contributed by atoms with Crippen LogP contribution >= 0.6 is 0 Å². The number of nitrogens with two attached hydrogens (primary N) is 1. The molecule has 0 aliphatic heterocycles. The predicted molar refractivity (Wildman–Crippen MR) is 73.6 cm³/mol. The quantitative estimate of drug-likeness (QED) is 0.784. The average Bonchev–Trinajstić information content (AvgIpc) is 2.44. The Morgan fingerprint density at radius 2 is 2.16 bits per heavy atom. The van der Waals surface area contributed by atoms with Gasteiger partial charge in [-0.15, -0.1) is 0 Å². The van der Waals surface area contributed by atoms with E-state index in [0.717, 1.165) is 6.42 Å². The van der Waals surface area contributed by atoms with Crippen molar-refractivity contribution in [3.8, 4) is 11.8 Å². The van der Waals surface area contributed by atoms with Crippen LogP contribution in [0.15, 0.2) is 24.3 Å². The van der Waals surface area contributed by atoms with Gasteiger partial charge < -0.3 is 15.8 Å². The summed E-state index contributed by atoms with van der Waals surface area (Å²) in [6.07, 6.45) is 1.32. The molecule has 5 heteroatoms. The summed E-state index contributed by atoms with van der Waals surface area (Å²) < 4.78 is 5.12. The van der Waals surface area contributed by atoms with Crippen LogP contribution in [-0.2, 0) is 4.79 Å². The summed E-state index contributed by atoms with van der Waals surface area (Å²) in [4.78, 5) is 11.8. The molecule has 1 atom stereocenters. The van der Waals surface area contributed by atoms with Gasteiger partial charge >= 0.3 is 0 Å². The summed E-state index contributed by atoms with van der Waals surface area (Å²) in [6, 6.07) is 8.81. The molecule has 0 saturated carbocycles. The van der Waals surface area contributed by atoms with Crippen molar-refractivity contribution in [3.05, 3.63) is 24.3 Å². The SMILES string of the molecule is CCC(CN)CC(=O)Nc1ccc(OCC#N)cc1. The standard InChI is InChI=1S/C14H19N3O2/c1-2-11(10-16)9-14(18)17-12-3-5-13(6-4-12)19-8-7-15/h3-6,11H,2,8-10,16H2,1H3,(H,17,18). The van der Waals surface area contributed by atoms with Gasteiger partial charge in [-0.1, -0.05) is 13.3 Å². The first-order chi connectivity index (χ1) is 9.19. The number of ether oxygens (including phenoxy) is 1. The largest absolute Gasteiger partial charge is 0.479 e. The molecule has 1 aromatic rings. The van der Waals surface area contributed by atoms with Crippen molar-refractivity contribution in [2.75, 3.05) is 18.5 Å². The molecule has 0 radical (unpaired) electrons. The number of benzene rings is 1. The maximum atomic E-state index is 11.8. The zero-order valence-electron chi connectivity index (χ0n) is 11.1. The van der Waals surface area contributed by atoms with Gasteiger partial charge in [0.05, 0.1) is 0 Å². The van der Waals surface area contributed by atoms with Crippen LogP contribution in [0.4, 0.5) is 5.69 Å². The molecule has 0 aliphatic rings. The van der Waals surface area contributed by atoms with Gasteiger partial charge in [0.2, 0.25) is 5.91 Å². The highest BCUT2D eigenvalue weighted by molar-refractivity contribution is 5.90. The molecule has 102 valence electrons. The summed E-state index contributed by atoms with van der Waals surface area (Å²) in [6.45, 7) is 2.55. The molecule has 5 nitrogen and oxygen atoms in total. The fourth-order valence-corrected chi connectivity index (χ4v) is 1.62. The lowest BCUT2D eigenvalue weighted by molar-refractivity contribution is -0.117. The van der Waals surface area contributed by atoms with E-state index in [-0.39, 0.29) is 18.4 Å². The molecule has 0 aromatic heterocycles. The summed E-state index contributed by atoms with van der Waals surface area (Å²) >= 11 is 0. The van der Waals surface area contributed by atoms with Crippen molar-refractivity contribution in [1.82, 2.24) is 0 Å². The van der Waals surface area contributed by atoms with Crippen LogP contribution < -0.4 is 15.8 Å². The predicted octanol–water partition coefficient (Wildman–Crippen LogP) is 1.90. The van der Waals surface area contributed by atoms with Crippen LogP contribution in [0.1, 0.15) is 19.8 Å². The number of nitrogens with zero attached hydrogens (tertiary/aromatic N) is 1. The monoisotopic (exact) mass is 261 g/mol. The Morgan fingerprint density at radius 3 is 2.68 bits per heavy atom. The van der Waals surface area contributed by atoms with Gasteiger partial charge in [0, 0.05) is 12.1 Å². The first-order valence-corrected chi connectivity index (χ1v) is 6.29. The number of nitriles is 1. The van der Waals surface area contributed by atoms with Crippen molar-refractivity contribution in [3.63, 3.8) is 0 Å². The highest BCUT2D eigenvalue weighted by Crippen LogP contribution is 2.16. The van der Waals surface area contributed by atoms with E-state index in [0.29, 0.717) is 24.4 Å². The minimum atomic E-state index is -0.0389. The third-order valence-electron chi connectivity index (χ3n) is 2.83. The zero-order chi connectivity index (χ0) is 14.1. The normalized spacial score (nSPS) is 11.4. The van der Waals surface area contributed by atoms with Gasteiger partial charge in [-0.05, 0) is 36.7 Å². The maximum Gasteiger partial charge on any atom is 0.224 e. The Balaban J connectivity index is 2.48.